The summed E-state index contributed by atoms with van der Waals surface area (Å²) >= 11 is 12.0. The van der Waals surface area contributed by atoms with E-state index in [9.17, 15) is 0 Å². The number of halogens is 2. The van der Waals surface area contributed by atoms with Gasteiger partial charge in [-0.15, -0.1) is 5.10 Å². The number of rotatable bonds is 5. The summed E-state index contributed by atoms with van der Waals surface area (Å²) in [6.07, 6.45) is 1.53. The Bertz CT molecular complexity index is 712. The van der Waals surface area contributed by atoms with Crippen LogP contribution >= 0.6 is 23.2 Å². The Morgan fingerprint density at radius 3 is 2.68 bits per heavy atom. The van der Waals surface area contributed by atoms with Gasteiger partial charge in [0, 0.05) is 15.6 Å². The SMILES string of the molecule is NC(N)=NN=Cc1cccc(OCc2ccc(Cl)cc2Cl)c1. The summed E-state index contributed by atoms with van der Waals surface area (Å²) in [5, 5.41) is 8.44. The Balaban J connectivity index is 2.04. The van der Waals surface area contributed by atoms with E-state index in [0.717, 1.165) is 11.1 Å². The second kappa shape index (κ2) is 7.68. The molecule has 0 aliphatic rings. The molecule has 22 heavy (non-hydrogen) atoms. The minimum atomic E-state index is -0.0963. The molecule has 2 aromatic carbocycles. The fourth-order valence-electron chi connectivity index (χ4n) is 1.65. The molecular formula is C15H14Cl2N4O. The lowest BCUT2D eigenvalue weighted by Gasteiger charge is -2.08. The van der Waals surface area contributed by atoms with Gasteiger partial charge in [-0.3, -0.25) is 0 Å². The van der Waals surface area contributed by atoms with Crippen LogP contribution in [0.5, 0.6) is 5.75 Å². The lowest BCUT2D eigenvalue weighted by molar-refractivity contribution is 0.306. The summed E-state index contributed by atoms with van der Waals surface area (Å²) in [6.45, 7) is 0.338. The molecule has 0 saturated carbocycles. The van der Waals surface area contributed by atoms with Crippen molar-refractivity contribution in [1.82, 2.24) is 0 Å². The van der Waals surface area contributed by atoms with Gasteiger partial charge in [-0.2, -0.15) is 5.10 Å². The van der Waals surface area contributed by atoms with E-state index in [-0.39, 0.29) is 5.96 Å². The highest BCUT2D eigenvalue weighted by Gasteiger charge is 2.03. The van der Waals surface area contributed by atoms with Crippen molar-refractivity contribution in [2.24, 2.45) is 21.7 Å². The van der Waals surface area contributed by atoms with E-state index in [4.69, 9.17) is 39.4 Å². The average Bonchev–Trinajstić information content (AvgIpc) is 2.46. The van der Waals surface area contributed by atoms with Crippen LogP contribution in [0.3, 0.4) is 0 Å². The minimum absolute atomic E-state index is 0.0963. The van der Waals surface area contributed by atoms with E-state index in [0.29, 0.717) is 22.4 Å². The van der Waals surface area contributed by atoms with Gasteiger partial charge in [-0.05, 0) is 29.8 Å². The topological polar surface area (TPSA) is 86.0 Å². The molecule has 0 saturated heterocycles. The van der Waals surface area contributed by atoms with Crippen molar-refractivity contribution in [3.63, 3.8) is 0 Å². The molecule has 2 aromatic rings. The molecule has 5 nitrogen and oxygen atoms in total. The molecule has 0 aliphatic heterocycles. The second-order valence-electron chi connectivity index (χ2n) is 4.37. The predicted molar refractivity (Wildman–Crippen MR) is 90.6 cm³/mol. The van der Waals surface area contributed by atoms with E-state index in [1.54, 1.807) is 12.1 Å². The van der Waals surface area contributed by atoms with Crippen LogP contribution in [-0.4, -0.2) is 12.2 Å². The Morgan fingerprint density at radius 2 is 1.95 bits per heavy atom. The predicted octanol–water partition coefficient (Wildman–Crippen LogP) is 3.18. The third-order valence-corrected chi connectivity index (χ3v) is 3.23. The number of ether oxygens (including phenoxy) is 1. The molecule has 114 valence electrons. The van der Waals surface area contributed by atoms with E-state index in [1.165, 1.54) is 6.21 Å². The van der Waals surface area contributed by atoms with Crippen molar-refractivity contribution in [3.05, 3.63) is 63.6 Å². The standard InChI is InChI=1S/C15H14Cl2N4O/c16-12-5-4-11(14(17)7-12)9-22-13-3-1-2-10(6-13)8-20-21-15(18)19/h1-8H,9H2,(H4,18,19,21). The third-order valence-electron chi connectivity index (χ3n) is 2.65. The van der Waals surface area contributed by atoms with Crippen molar-refractivity contribution in [2.45, 2.75) is 6.61 Å². The molecule has 0 spiro atoms. The maximum Gasteiger partial charge on any atom is 0.211 e. The number of hydrogen-bond donors (Lipinski definition) is 2. The van der Waals surface area contributed by atoms with Crippen LogP contribution < -0.4 is 16.2 Å². The summed E-state index contributed by atoms with van der Waals surface area (Å²) < 4.78 is 5.71. The van der Waals surface area contributed by atoms with Crippen LogP contribution in [0, 0.1) is 0 Å². The van der Waals surface area contributed by atoms with Gasteiger partial charge in [0.05, 0.1) is 6.21 Å². The Kier molecular flexibility index (Phi) is 5.63. The first-order valence-electron chi connectivity index (χ1n) is 6.33. The minimum Gasteiger partial charge on any atom is -0.489 e. The number of benzene rings is 2. The highest BCUT2D eigenvalue weighted by molar-refractivity contribution is 6.35. The number of hydrogen-bond acceptors (Lipinski definition) is 3. The molecule has 0 aromatic heterocycles. The molecular weight excluding hydrogens is 323 g/mol. The number of nitrogens with two attached hydrogens (primary N) is 2. The van der Waals surface area contributed by atoms with Gasteiger partial charge in [0.15, 0.2) is 0 Å². The first kappa shape index (κ1) is 16.1. The second-order valence-corrected chi connectivity index (χ2v) is 5.21. The van der Waals surface area contributed by atoms with Crippen molar-refractivity contribution < 1.29 is 4.74 Å². The number of guanidine groups is 1. The molecule has 0 unspecified atom stereocenters. The molecule has 0 aliphatic carbocycles. The zero-order valence-corrected chi connectivity index (χ0v) is 13.1. The van der Waals surface area contributed by atoms with Gasteiger partial charge in [0.1, 0.15) is 12.4 Å². The summed E-state index contributed by atoms with van der Waals surface area (Å²) in [7, 11) is 0. The fourth-order valence-corrected chi connectivity index (χ4v) is 2.11. The van der Waals surface area contributed by atoms with Crippen LogP contribution in [0.2, 0.25) is 10.0 Å². The molecule has 0 radical (unpaired) electrons. The maximum atomic E-state index is 6.10. The summed E-state index contributed by atoms with van der Waals surface area (Å²) in [5.74, 6) is 0.584. The highest BCUT2D eigenvalue weighted by Crippen LogP contribution is 2.22. The smallest absolute Gasteiger partial charge is 0.211 e. The summed E-state index contributed by atoms with van der Waals surface area (Å²) in [5.41, 5.74) is 12.0. The van der Waals surface area contributed by atoms with Gasteiger partial charge in [0.2, 0.25) is 5.96 Å². The largest absolute Gasteiger partial charge is 0.489 e. The molecule has 0 heterocycles. The molecule has 0 atom stereocenters. The zero-order valence-electron chi connectivity index (χ0n) is 11.5. The van der Waals surface area contributed by atoms with Gasteiger partial charge in [0.25, 0.3) is 0 Å². The zero-order chi connectivity index (χ0) is 15.9. The third kappa shape index (κ3) is 4.95. The lowest BCUT2D eigenvalue weighted by atomic mass is 10.2. The van der Waals surface area contributed by atoms with Crippen LogP contribution in [0.4, 0.5) is 0 Å². The molecule has 0 amide bonds. The van der Waals surface area contributed by atoms with Crippen LogP contribution in [0.25, 0.3) is 0 Å². The first-order chi connectivity index (χ1) is 10.5. The van der Waals surface area contributed by atoms with Crippen molar-refractivity contribution >= 4 is 35.4 Å². The Morgan fingerprint density at radius 1 is 1.14 bits per heavy atom. The first-order valence-corrected chi connectivity index (χ1v) is 7.09. The van der Waals surface area contributed by atoms with Crippen molar-refractivity contribution in [2.75, 3.05) is 0 Å². The van der Waals surface area contributed by atoms with E-state index in [2.05, 4.69) is 10.2 Å². The molecule has 0 bridgehead atoms. The summed E-state index contributed by atoms with van der Waals surface area (Å²) in [4.78, 5) is 0. The molecule has 0 fully saturated rings. The average molecular weight is 337 g/mol. The molecule has 7 heteroatoms. The molecule has 2 rings (SSSR count). The van der Waals surface area contributed by atoms with Crippen LogP contribution in [0.15, 0.2) is 52.7 Å². The van der Waals surface area contributed by atoms with Gasteiger partial charge in [-0.25, -0.2) is 0 Å². The molecule has 4 N–H and O–H groups in total. The van der Waals surface area contributed by atoms with Crippen molar-refractivity contribution in [3.8, 4) is 5.75 Å². The van der Waals surface area contributed by atoms with E-state index in [1.807, 2.05) is 30.3 Å². The fraction of sp³-hybridized carbons (Fsp3) is 0.0667. The monoisotopic (exact) mass is 336 g/mol. The normalized spacial score (nSPS) is 10.6. The maximum absolute atomic E-state index is 6.10. The van der Waals surface area contributed by atoms with E-state index < -0.39 is 0 Å². The lowest BCUT2D eigenvalue weighted by Crippen LogP contribution is -2.21. The summed E-state index contributed by atoms with van der Waals surface area (Å²) in [6, 6.07) is 12.6. The van der Waals surface area contributed by atoms with Crippen LogP contribution in [-0.2, 0) is 6.61 Å². The van der Waals surface area contributed by atoms with Gasteiger partial charge >= 0.3 is 0 Å². The van der Waals surface area contributed by atoms with Crippen LogP contribution in [0.1, 0.15) is 11.1 Å². The Hall–Kier alpha value is -2.24. The van der Waals surface area contributed by atoms with Gasteiger partial charge < -0.3 is 16.2 Å². The van der Waals surface area contributed by atoms with Crippen molar-refractivity contribution in [1.29, 1.82) is 0 Å². The van der Waals surface area contributed by atoms with E-state index >= 15 is 0 Å². The highest BCUT2D eigenvalue weighted by atomic mass is 35.5. The quantitative estimate of drug-likeness (QED) is 0.499. The van der Waals surface area contributed by atoms with Gasteiger partial charge in [-0.1, -0.05) is 41.4 Å². The Labute approximate surface area is 138 Å². The number of nitrogens with zero attached hydrogens (tertiary/aromatic N) is 2.